The van der Waals surface area contributed by atoms with E-state index in [0.717, 1.165) is 28.5 Å². The van der Waals surface area contributed by atoms with Crippen molar-refractivity contribution in [3.8, 4) is 5.69 Å². The number of rotatable bonds is 5. The van der Waals surface area contributed by atoms with E-state index in [1.165, 1.54) is 0 Å². The molecule has 2 aromatic carbocycles. The number of hydrogen-bond donors (Lipinski definition) is 1. The summed E-state index contributed by atoms with van der Waals surface area (Å²) >= 11 is 6.13. The standard InChI is InChI=1S/C17H16ClN3/c18-17-9-5-4-6-14(17)12-19-13-15-10-11-21(20-15)16-7-2-1-3-8-16/h1-11,19H,12-13H2. The predicted molar refractivity (Wildman–Crippen MR) is 85.6 cm³/mol. The fourth-order valence-electron chi connectivity index (χ4n) is 2.15. The number of benzene rings is 2. The van der Waals surface area contributed by atoms with Gasteiger partial charge in [-0.2, -0.15) is 5.10 Å². The molecule has 3 aromatic rings. The summed E-state index contributed by atoms with van der Waals surface area (Å²) in [5.74, 6) is 0. The monoisotopic (exact) mass is 297 g/mol. The lowest BCUT2D eigenvalue weighted by molar-refractivity contribution is 0.669. The summed E-state index contributed by atoms with van der Waals surface area (Å²) < 4.78 is 1.88. The molecule has 106 valence electrons. The molecule has 0 fully saturated rings. The molecule has 0 aliphatic heterocycles. The van der Waals surface area contributed by atoms with Gasteiger partial charge in [0.2, 0.25) is 0 Å². The van der Waals surface area contributed by atoms with E-state index in [2.05, 4.69) is 10.4 Å². The number of hydrogen-bond acceptors (Lipinski definition) is 2. The quantitative estimate of drug-likeness (QED) is 0.776. The molecule has 0 radical (unpaired) electrons. The lowest BCUT2D eigenvalue weighted by Gasteiger charge is -2.05. The summed E-state index contributed by atoms with van der Waals surface area (Å²) in [6, 6.07) is 20.0. The Labute approximate surface area is 129 Å². The third-order valence-corrected chi connectivity index (χ3v) is 3.61. The van der Waals surface area contributed by atoms with Crippen LogP contribution >= 0.6 is 11.6 Å². The van der Waals surface area contributed by atoms with E-state index in [-0.39, 0.29) is 0 Å². The molecule has 1 N–H and O–H groups in total. The zero-order valence-corrected chi connectivity index (χ0v) is 12.3. The molecule has 21 heavy (non-hydrogen) atoms. The lowest BCUT2D eigenvalue weighted by atomic mass is 10.2. The van der Waals surface area contributed by atoms with Gasteiger partial charge in [-0.25, -0.2) is 4.68 Å². The number of nitrogens with one attached hydrogen (secondary N) is 1. The van der Waals surface area contributed by atoms with Gasteiger partial charge in [-0.15, -0.1) is 0 Å². The Bertz CT molecular complexity index is 707. The van der Waals surface area contributed by atoms with Crippen LogP contribution in [0.15, 0.2) is 66.9 Å². The Morgan fingerprint density at radius 1 is 0.905 bits per heavy atom. The second-order valence-electron chi connectivity index (χ2n) is 4.78. The zero-order chi connectivity index (χ0) is 14.5. The first-order valence-corrected chi connectivity index (χ1v) is 7.25. The largest absolute Gasteiger partial charge is 0.307 e. The van der Waals surface area contributed by atoms with Crippen molar-refractivity contribution in [3.05, 3.63) is 83.1 Å². The highest BCUT2D eigenvalue weighted by atomic mass is 35.5. The third-order valence-electron chi connectivity index (χ3n) is 3.24. The maximum atomic E-state index is 6.13. The topological polar surface area (TPSA) is 29.9 Å². The highest BCUT2D eigenvalue weighted by molar-refractivity contribution is 6.31. The predicted octanol–water partition coefficient (Wildman–Crippen LogP) is 3.82. The van der Waals surface area contributed by atoms with Crippen molar-refractivity contribution in [1.82, 2.24) is 15.1 Å². The Hall–Kier alpha value is -2.10. The Morgan fingerprint density at radius 3 is 2.48 bits per heavy atom. The van der Waals surface area contributed by atoms with Crippen LogP contribution in [0.3, 0.4) is 0 Å². The van der Waals surface area contributed by atoms with Gasteiger partial charge in [0.25, 0.3) is 0 Å². The molecule has 1 aromatic heterocycles. The molecule has 0 atom stereocenters. The van der Waals surface area contributed by atoms with E-state index in [9.17, 15) is 0 Å². The summed E-state index contributed by atoms with van der Waals surface area (Å²) in [7, 11) is 0. The Kier molecular flexibility index (Phi) is 4.34. The average Bonchev–Trinajstić information content (AvgIpc) is 2.99. The maximum Gasteiger partial charge on any atom is 0.0766 e. The summed E-state index contributed by atoms with van der Waals surface area (Å²) in [6.07, 6.45) is 1.97. The third kappa shape index (κ3) is 3.51. The molecular formula is C17H16ClN3. The molecule has 0 bridgehead atoms. The minimum atomic E-state index is 0.713. The zero-order valence-electron chi connectivity index (χ0n) is 11.5. The van der Waals surface area contributed by atoms with Crippen molar-refractivity contribution >= 4 is 11.6 Å². The van der Waals surface area contributed by atoms with Gasteiger partial charge in [0, 0.05) is 24.3 Å². The first-order valence-electron chi connectivity index (χ1n) is 6.87. The second kappa shape index (κ2) is 6.57. The molecule has 0 saturated heterocycles. The van der Waals surface area contributed by atoms with E-state index < -0.39 is 0 Å². The first kappa shape index (κ1) is 13.9. The van der Waals surface area contributed by atoms with Crippen LogP contribution in [-0.4, -0.2) is 9.78 Å². The molecule has 0 unspecified atom stereocenters. The van der Waals surface area contributed by atoms with Crippen molar-refractivity contribution in [2.45, 2.75) is 13.1 Å². The number of halogens is 1. The molecule has 0 aliphatic rings. The van der Waals surface area contributed by atoms with E-state index in [1.807, 2.05) is 71.5 Å². The normalized spacial score (nSPS) is 10.7. The maximum absolute atomic E-state index is 6.13. The highest BCUT2D eigenvalue weighted by Crippen LogP contribution is 2.14. The lowest BCUT2D eigenvalue weighted by Crippen LogP contribution is -2.13. The van der Waals surface area contributed by atoms with E-state index in [4.69, 9.17) is 11.6 Å². The van der Waals surface area contributed by atoms with Gasteiger partial charge >= 0.3 is 0 Å². The van der Waals surface area contributed by atoms with Gasteiger partial charge < -0.3 is 5.32 Å². The highest BCUT2D eigenvalue weighted by Gasteiger charge is 2.02. The second-order valence-corrected chi connectivity index (χ2v) is 5.19. The summed E-state index contributed by atoms with van der Waals surface area (Å²) in [5.41, 5.74) is 3.17. The summed E-state index contributed by atoms with van der Waals surface area (Å²) in [5, 5.41) is 8.71. The first-order chi connectivity index (χ1) is 10.3. The van der Waals surface area contributed by atoms with Crippen molar-refractivity contribution < 1.29 is 0 Å². The molecular weight excluding hydrogens is 282 g/mol. The van der Waals surface area contributed by atoms with Gasteiger partial charge in [0.1, 0.15) is 0 Å². The number of para-hydroxylation sites is 1. The van der Waals surface area contributed by atoms with Gasteiger partial charge in [-0.3, -0.25) is 0 Å². The minimum Gasteiger partial charge on any atom is -0.307 e. The minimum absolute atomic E-state index is 0.713. The Morgan fingerprint density at radius 2 is 1.67 bits per heavy atom. The summed E-state index contributed by atoms with van der Waals surface area (Å²) in [6.45, 7) is 1.45. The number of nitrogens with zero attached hydrogens (tertiary/aromatic N) is 2. The van der Waals surface area contributed by atoms with Gasteiger partial charge in [0.05, 0.1) is 11.4 Å². The van der Waals surface area contributed by atoms with Crippen LogP contribution in [0.25, 0.3) is 5.69 Å². The van der Waals surface area contributed by atoms with Gasteiger partial charge in [-0.05, 0) is 29.8 Å². The molecule has 0 amide bonds. The van der Waals surface area contributed by atoms with Crippen molar-refractivity contribution in [2.24, 2.45) is 0 Å². The van der Waals surface area contributed by atoms with E-state index in [1.54, 1.807) is 0 Å². The van der Waals surface area contributed by atoms with Gasteiger partial charge in [0.15, 0.2) is 0 Å². The van der Waals surface area contributed by atoms with Crippen LogP contribution in [0, 0.1) is 0 Å². The van der Waals surface area contributed by atoms with E-state index in [0.29, 0.717) is 6.54 Å². The number of aromatic nitrogens is 2. The molecule has 3 rings (SSSR count). The molecule has 0 saturated carbocycles. The summed E-state index contributed by atoms with van der Waals surface area (Å²) in [4.78, 5) is 0. The van der Waals surface area contributed by atoms with Crippen LogP contribution in [0.1, 0.15) is 11.3 Å². The SMILES string of the molecule is Clc1ccccc1CNCc1ccn(-c2ccccc2)n1. The van der Waals surface area contributed by atoms with E-state index >= 15 is 0 Å². The fraction of sp³-hybridized carbons (Fsp3) is 0.118. The van der Waals surface area contributed by atoms with Crippen LogP contribution in [0.4, 0.5) is 0 Å². The fourth-order valence-corrected chi connectivity index (χ4v) is 2.35. The van der Waals surface area contributed by atoms with Crippen LogP contribution < -0.4 is 5.32 Å². The molecule has 0 aliphatic carbocycles. The van der Waals surface area contributed by atoms with Crippen LogP contribution in [0.5, 0.6) is 0 Å². The molecule has 4 heteroatoms. The van der Waals surface area contributed by atoms with Gasteiger partial charge in [-0.1, -0.05) is 48.0 Å². The smallest absolute Gasteiger partial charge is 0.0766 e. The Balaban J connectivity index is 1.60. The average molecular weight is 298 g/mol. The molecule has 0 spiro atoms. The molecule has 1 heterocycles. The molecule has 3 nitrogen and oxygen atoms in total. The van der Waals surface area contributed by atoms with Crippen molar-refractivity contribution in [1.29, 1.82) is 0 Å². The van der Waals surface area contributed by atoms with Crippen LogP contribution in [-0.2, 0) is 13.1 Å². The van der Waals surface area contributed by atoms with Crippen molar-refractivity contribution in [3.63, 3.8) is 0 Å². The van der Waals surface area contributed by atoms with Crippen LogP contribution in [0.2, 0.25) is 5.02 Å². The van der Waals surface area contributed by atoms with Crippen molar-refractivity contribution in [2.75, 3.05) is 0 Å².